The number of thioether (sulfide) groups is 1. The molecule has 2 heterocycles. The molecule has 0 radical (unpaired) electrons. The predicted molar refractivity (Wildman–Crippen MR) is 72.9 cm³/mol. The monoisotopic (exact) mass is 298 g/mol. The minimum absolute atomic E-state index is 0.127. The van der Waals surface area contributed by atoms with Gasteiger partial charge >= 0.3 is 5.97 Å². The van der Waals surface area contributed by atoms with Gasteiger partial charge in [-0.3, -0.25) is 4.79 Å². The van der Waals surface area contributed by atoms with Crippen LogP contribution in [0, 0.1) is 11.9 Å². The van der Waals surface area contributed by atoms with Crippen LogP contribution in [0.3, 0.4) is 0 Å². The number of nitrogens with zero attached hydrogens (tertiary/aromatic N) is 2. The molecule has 108 valence electrons. The van der Waals surface area contributed by atoms with Gasteiger partial charge in [-0.15, -0.1) is 11.8 Å². The van der Waals surface area contributed by atoms with Crippen molar-refractivity contribution in [3.63, 3.8) is 0 Å². The summed E-state index contributed by atoms with van der Waals surface area (Å²) >= 11 is 1.45. The Bertz CT molecular complexity index is 521. The molecule has 2 atom stereocenters. The predicted octanol–water partition coefficient (Wildman–Crippen LogP) is 1.85. The van der Waals surface area contributed by atoms with Gasteiger partial charge in [0.1, 0.15) is 6.04 Å². The maximum absolute atomic E-state index is 12.8. The summed E-state index contributed by atoms with van der Waals surface area (Å²) in [5.41, 5.74) is 0.200. The average Bonchev–Trinajstić information content (AvgIpc) is 2.83. The van der Waals surface area contributed by atoms with E-state index >= 15 is 0 Å². The first kappa shape index (κ1) is 14.8. The molecule has 20 heavy (non-hydrogen) atoms. The molecule has 0 bridgehead atoms. The van der Waals surface area contributed by atoms with E-state index in [9.17, 15) is 19.1 Å². The summed E-state index contributed by atoms with van der Waals surface area (Å²) < 4.78 is 12.8. The Morgan fingerprint density at radius 2 is 2.20 bits per heavy atom. The lowest BCUT2D eigenvalue weighted by atomic mass is 10.1. The number of amides is 1. The molecule has 5 nitrogen and oxygen atoms in total. The van der Waals surface area contributed by atoms with Gasteiger partial charge in [0.2, 0.25) is 5.95 Å². The van der Waals surface area contributed by atoms with Gasteiger partial charge in [-0.25, -0.2) is 9.78 Å². The van der Waals surface area contributed by atoms with Crippen LogP contribution in [0.15, 0.2) is 18.3 Å². The van der Waals surface area contributed by atoms with E-state index in [1.54, 1.807) is 0 Å². The molecule has 0 aromatic carbocycles. The van der Waals surface area contributed by atoms with Gasteiger partial charge < -0.3 is 10.0 Å². The fourth-order valence-corrected chi connectivity index (χ4v) is 3.61. The fraction of sp³-hybridized carbons (Fsp3) is 0.462. The second kappa shape index (κ2) is 5.78. The zero-order valence-electron chi connectivity index (χ0n) is 11.1. The highest BCUT2D eigenvalue weighted by Crippen LogP contribution is 2.35. The molecule has 2 unspecified atom stereocenters. The number of aliphatic carboxylic acids is 1. The number of hydrogen-bond donors (Lipinski definition) is 1. The summed E-state index contributed by atoms with van der Waals surface area (Å²) in [6.45, 7) is 3.87. The Kier molecular flexibility index (Phi) is 4.27. The highest BCUT2D eigenvalue weighted by atomic mass is 32.2. The highest BCUT2D eigenvalue weighted by Gasteiger charge is 2.43. The van der Waals surface area contributed by atoms with Crippen LogP contribution >= 0.6 is 11.8 Å². The summed E-state index contributed by atoms with van der Waals surface area (Å²) in [4.78, 5) is 28.6. The largest absolute Gasteiger partial charge is 0.480 e. The van der Waals surface area contributed by atoms with Gasteiger partial charge in [0.15, 0.2) is 0 Å². The van der Waals surface area contributed by atoms with Crippen molar-refractivity contribution < 1.29 is 19.1 Å². The molecule has 1 aromatic heterocycles. The summed E-state index contributed by atoms with van der Waals surface area (Å²) in [6.07, 6.45) is 1.14. The van der Waals surface area contributed by atoms with Crippen LogP contribution in [0.2, 0.25) is 0 Å². The maximum atomic E-state index is 12.8. The number of carboxylic acids is 1. The fourth-order valence-electron chi connectivity index (χ4n) is 2.14. The first-order valence-electron chi connectivity index (χ1n) is 6.20. The third kappa shape index (κ3) is 2.77. The van der Waals surface area contributed by atoms with E-state index in [4.69, 9.17) is 0 Å². The van der Waals surface area contributed by atoms with Gasteiger partial charge in [0.05, 0.1) is 10.9 Å². The van der Waals surface area contributed by atoms with Gasteiger partial charge in [0.25, 0.3) is 5.91 Å². The molecule has 1 aliphatic heterocycles. The van der Waals surface area contributed by atoms with Crippen LogP contribution in [0.4, 0.5) is 4.39 Å². The second-order valence-corrected chi connectivity index (χ2v) is 6.05. The third-order valence-electron chi connectivity index (χ3n) is 3.10. The Hall–Kier alpha value is -1.63. The van der Waals surface area contributed by atoms with Crippen molar-refractivity contribution >= 4 is 23.6 Å². The van der Waals surface area contributed by atoms with Crippen molar-refractivity contribution in [3.05, 3.63) is 29.8 Å². The van der Waals surface area contributed by atoms with Gasteiger partial charge in [-0.05, 0) is 18.1 Å². The number of carboxylic acid groups (broad SMARTS) is 1. The van der Waals surface area contributed by atoms with Crippen LogP contribution in [0.1, 0.15) is 24.2 Å². The quantitative estimate of drug-likeness (QED) is 0.862. The molecule has 1 aliphatic rings. The van der Waals surface area contributed by atoms with Gasteiger partial charge in [-0.1, -0.05) is 13.8 Å². The Morgan fingerprint density at radius 3 is 2.70 bits per heavy atom. The van der Waals surface area contributed by atoms with E-state index in [1.807, 2.05) is 13.8 Å². The van der Waals surface area contributed by atoms with E-state index in [0.29, 0.717) is 5.75 Å². The normalized spacial score (nSPS) is 22.3. The number of carbonyl (C=O) groups is 2. The summed E-state index contributed by atoms with van der Waals surface area (Å²) in [6, 6.07) is 1.56. The van der Waals surface area contributed by atoms with Crippen molar-refractivity contribution in [2.45, 2.75) is 25.3 Å². The topological polar surface area (TPSA) is 70.5 Å². The lowest BCUT2D eigenvalue weighted by molar-refractivity contribution is -0.141. The van der Waals surface area contributed by atoms with E-state index in [0.717, 1.165) is 12.3 Å². The number of rotatable bonds is 3. The number of carbonyl (C=O) groups excluding carboxylic acids is 1. The van der Waals surface area contributed by atoms with E-state index in [1.165, 1.54) is 22.7 Å². The van der Waals surface area contributed by atoms with E-state index in [-0.39, 0.29) is 16.9 Å². The van der Waals surface area contributed by atoms with Crippen molar-refractivity contribution in [2.24, 2.45) is 5.92 Å². The molecular weight excluding hydrogens is 283 g/mol. The number of halogens is 1. The van der Waals surface area contributed by atoms with Crippen molar-refractivity contribution in [3.8, 4) is 0 Å². The molecule has 0 saturated carbocycles. The summed E-state index contributed by atoms with van der Waals surface area (Å²) in [7, 11) is 0. The SMILES string of the molecule is CC(C)C1SCC(C(=O)O)N1C(=O)c1ccc(F)nc1. The third-order valence-corrected chi connectivity index (χ3v) is 4.72. The molecule has 0 spiro atoms. The molecule has 1 amide bonds. The molecule has 0 aliphatic carbocycles. The van der Waals surface area contributed by atoms with Crippen molar-refractivity contribution in [1.29, 1.82) is 0 Å². The minimum Gasteiger partial charge on any atom is -0.480 e. The zero-order chi connectivity index (χ0) is 14.9. The van der Waals surface area contributed by atoms with Crippen molar-refractivity contribution in [1.82, 2.24) is 9.88 Å². The van der Waals surface area contributed by atoms with Crippen LogP contribution < -0.4 is 0 Å². The maximum Gasteiger partial charge on any atom is 0.327 e. The Morgan fingerprint density at radius 1 is 1.50 bits per heavy atom. The zero-order valence-corrected chi connectivity index (χ0v) is 11.9. The lowest BCUT2D eigenvalue weighted by Gasteiger charge is -2.29. The van der Waals surface area contributed by atoms with Crippen LogP contribution in [0.5, 0.6) is 0 Å². The molecule has 7 heteroatoms. The van der Waals surface area contributed by atoms with Crippen molar-refractivity contribution in [2.75, 3.05) is 5.75 Å². The summed E-state index contributed by atoms with van der Waals surface area (Å²) in [5.74, 6) is -1.63. The second-order valence-electron chi connectivity index (χ2n) is 4.90. The molecule has 1 N–H and O–H groups in total. The number of aromatic nitrogens is 1. The van der Waals surface area contributed by atoms with E-state index < -0.39 is 23.9 Å². The standard InChI is InChI=1S/C13H15FN2O3S/c1-7(2)12-16(9(6-20-12)13(18)19)11(17)8-3-4-10(14)15-5-8/h3-5,7,9,12H,6H2,1-2H3,(H,18,19). The number of pyridine rings is 1. The molecular formula is C13H15FN2O3S. The van der Waals surface area contributed by atoms with Gasteiger partial charge in [-0.2, -0.15) is 4.39 Å². The molecule has 1 saturated heterocycles. The van der Waals surface area contributed by atoms with Crippen LogP contribution in [0.25, 0.3) is 0 Å². The molecule has 1 aromatic rings. The molecule has 2 rings (SSSR count). The first-order valence-corrected chi connectivity index (χ1v) is 7.25. The van der Waals surface area contributed by atoms with Gasteiger partial charge in [0, 0.05) is 11.9 Å². The van der Waals surface area contributed by atoms with Crippen LogP contribution in [-0.2, 0) is 4.79 Å². The first-order chi connectivity index (χ1) is 9.41. The Labute approximate surface area is 120 Å². The highest BCUT2D eigenvalue weighted by molar-refractivity contribution is 8.00. The Balaban J connectivity index is 2.31. The average molecular weight is 298 g/mol. The smallest absolute Gasteiger partial charge is 0.327 e. The van der Waals surface area contributed by atoms with Crippen LogP contribution in [-0.4, -0.2) is 44.0 Å². The summed E-state index contributed by atoms with van der Waals surface area (Å²) in [5, 5.41) is 9.04. The lowest BCUT2D eigenvalue weighted by Crippen LogP contribution is -2.47. The molecule has 1 fully saturated rings. The minimum atomic E-state index is -1.02. The van der Waals surface area contributed by atoms with E-state index in [2.05, 4.69) is 4.98 Å². The number of hydrogen-bond acceptors (Lipinski definition) is 4.